The van der Waals surface area contributed by atoms with E-state index in [0.29, 0.717) is 12.5 Å². The number of nitrogens with one attached hydrogen (secondary N) is 1. The lowest BCUT2D eigenvalue weighted by molar-refractivity contribution is -0.122. The van der Waals surface area contributed by atoms with E-state index in [2.05, 4.69) is 26.1 Å². The van der Waals surface area contributed by atoms with Crippen molar-refractivity contribution in [1.29, 1.82) is 0 Å². The van der Waals surface area contributed by atoms with Gasteiger partial charge >= 0.3 is 4.87 Å². The smallest absolute Gasteiger partial charge is 0.308 e. The fourth-order valence-electron chi connectivity index (χ4n) is 3.01. The highest BCUT2D eigenvalue weighted by molar-refractivity contribution is 7.09. The van der Waals surface area contributed by atoms with Crippen LogP contribution in [0.2, 0.25) is 0 Å². The summed E-state index contributed by atoms with van der Waals surface area (Å²) in [6.45, 7) is 11.7. The van der Waals surface area contributed by atoms with E-state index in [1.165, 1.54) is 11.3 Å². The summed E-state index contributed by atoms with van der Waals surface area (Å²) in [5.41, 5.74) is 0.950. The van der Waals surface area contributed by atoms with E-state index in [9.17, 15) is 9.59 Å². The minimum atomic E-state index is -0.109. The van der Waals surface area contributed by atoms with Gasteiger partial charge in [0, 0.05) is 29.6 Å². The first-order chi connectivity index (χ1) is 10.2. The molecule has 1 aliphatic rings. The Balaban J connectivity index is 1.92. The predicted molar refractivity (Wildman–Crippen MR) is 88.4 cm³/mol. The van der Waals surface area contributed by atoms with Gasteiger partial charge in [0.1, 0.15) is 6.54 Å². The monoisotopic (exact) mass is 326 g/mol. The van der Waals surface area contributed by atoms with Gasteiger partial charge < -0.3 is 10.1 Å². The lowest BCUT2D eigenvalue weighted by Crippen LogP contribution is -2.40. The molecular weight excluding hydrogens is 300 g/mol. The Morgan fingerprint density at radius 3 is 2.64 bits per heavy atom. The van der Waals surface area contributed by atoms with Crippen LogP contribution in [0.15, 0.2) is 4.79 Å². The molecule has 1 N–H and O–H groups in total. The third-order valence-corrected chi connectivity index (χ3v) is 5.30. The molecule has 0 aromatic carbocycles. The van der Waals surface area contributed by atoms with E-state index in [0.717, 1.165) is 23.6 Å². The van der Waals surface area contributed by atoms with Gasteiger partial charge in [-0.15, -0.1) is 0 Å². The molecule has 1 aromatic heterocycles. The van der Waals surface area contributed by atoms with Gasteiger partial charge in [-0.25, -0.2) is 0 Å². The number of thiazole rings is 1. The number of carbonyl (C=O) groups excluding carboxylic acids is 1. The van der Waals surface area contributed by atoms with Gasteiger partial charge in [0.2, 0.25) is 5.91 Å². The molecule has 2 atom stereocenters. The number of nitrogens with zero attached hydrogens (tertiary/aromatic N) is 1. The summed E-state index contributed by atoms with van der Waals surface area (Å²) in [5.74, 6) is 0.230. The highest BCUT2D eigenvalue weighted by Crippen LogP contribution is 2.34. The zero-order chi connectivity index (χ0) is 16.5. The average Bonchev–Trinajstić information content (AvgIpc) is 2.97. The highest BCUT2D eigenvalue weighted by atomic mass is 32.1. The first-order valence-electron chi connectivity index (χ1n) is 7.75. The number of amides is 1. The van der Waals surface area contributed by atoms with Crippen LogP contribution < -0.4 is 10.2 Å². The molecule has 0 bridgehead atoms. The van der Waals surface area contributed by atoms with Gasteiger partial charge in [0.15, 0.2) is 0 Å². The Labute approximate surface area is 135 Å². The van der Waals surface area contributed by atoms with Crippen LogP contribution in [0.4, 0.5) is 0 Å². The van der Waals surface area contributed by atoms with Crippen LogP contribution in [0, 0.1) is 25.2 Å². The average molecular weight is 326 g/mol. The van der Waals surface area contributed by atoms with Crippen molar-refractivity contribution < 1.29 is 9.53 Å². The zero-order valence-electron chi connectivity index (χ0n) is 14.1. The van der Waals surface area contributed by atoms with Crippen LogP contribution >= 0.6 is 11.3 Å². The van der Waals surface area contributed by atoms with E-state index in [-0.39, 0.29) is 28.8 Å². The predicted octanol–water partition coefficient (Wildman–Crippen LogP) is 2.09. The third kappa shape index (κ3) is 3.79. The molecule has 1 saturated heterocycles. The SMILES string of the molecule is Cc1sc(=O)n(CC(=O)NC[C@@H]2CCO[C@@H]2C(C)(C)C)c1C. The second-order valence-corrected chi connectivity index (χ2v) is 8.27. The Hall–Kier alpha value is -1.14. The van der Waals surface area contributed by atoms with Gasteiger partial charge in [-0.2, -0.15) is 0 Å². The standard InChI is InChI=1S/C16H26N2O3S/c1-10-11(2)22-15(20)18(10)9-13(19)17-8-12-6-7-21-14(12)16(3,4)5/h12,14H,6-9H2,1-5H3,(H,17,19)/t12-,14-/m0/s1. The van der Waals surface area contributed by atoms with Gasteiger partial charge in [-0.1, -0.05) is 32.1 Å². The van der Waals surface area contributed by atoms with Crippen molar-refractivity contribution in [3.63, 3.8) is 0 Å². The summed E-state index contributed by atoms with van der Waals surface area (Å²) in [7, 11) is 0. The van der Waals surface area contributed by atoms with Gasteiger partial charge in [-0.05, 0) is 25.7 Å². The van der Waals surface area contributed by atoms with E-state index < -0.39 is 0 Å². The maximum Gasteiger partial charge on any atom is 0.308 e. The highest BCUT2D eigenvalue weighted by Gasteiger charge is 2.37. The maximum atomic E-state index is 12.1. The van der Waals surface area contributed by atoms with Gasteiger partial charge in [0.05, 0.1) is 6.10 Å². The largest absolute Gasteiger partial charge is 0.377 e. The van der Waals surface area contributed by atoms with E-state index >= 15 is 0 Å². The van der Waals surface area contributed by atoms with Crippen LogP contribution in [0.1, 0.15) is 37.8 Å². The minimum absolute atomic E-state index is 0.0677. The molecule has 1 aromatic rings. The fraction of sp³-hybridized carbons (Fsp3) is 0.750. The molecule has 2 rings (SSSR count). The van der Waals surface area contributed by atoms with Crippen LogP contribution in [0.3, 0.4) is 0 Å². The van der Waals surface area contributed by atoms with Crippen molar-refractivity contribution in [2.75, 3.05) is 13.2 Å². The van der Waals surface area contributed by atoms with Crippen molar-refractivity contribution in [1.82, 2.24) is 9.88 Å². The summed E-state index contributed by atoms with van der Waals surface area (Å²) in [6, 6.07) is 0. The molecule has 1 amide bonds. The van der Waals surface area contributed by atoms with Gasteiger partial charge in [0.25, 0.3) is 0 Å². The van der Waals surface area contributed by atoms with E-state index in [1.807, 2.05) is 13.8 Å². The Morgan fingerprint density at radius 2 is 2.09 bits per heavy atom. The molecule has 5 nitrogen and oxygen atoms in total. The van der Waals surface area contributed by atoms with Crippen molar-refractivity contribution in [3.05, 3.63) is 20.2 Å². The normalized spacial score (nSPS) is 22.0. The number of hydrogen-bond donors (Lipinski definition) is 1. The molecule has 0 radical (unpaired) electrons. The topological polar surface area (TPSA) is 60.3 Å². The van der Waals surface area contributed by atoms with Crippen LogP contribution in [-0.2, 0) is 16.1 Å². The number of ether oxygens (including phenoxy) is 1. The van der Waals surface area contributed by atoms with Crippen molar-refractivity contribution >= 4 is 17.2 Å². The second-order valence-electron chi connectivity index (χ2n) is 7.11. The maximum absolute atomic E-state index is 12.1. The lowest BCUT2D eigenvalue weighted by Gasteiger charge is -2.31. The molecule has 2 heterocycles. The number of carbonyl (C=O) groups is 1. The van der Waals surface area contributed by atoms with Gasteiger partial charge in [-0.3, -0.25) is 14.2 Å². The second kappa shape index (κ2) is 6.54. The number of hydrogen-bond acceptors (Lipinski definition) is 4. The summed E-state index contributed by atoms with van der Waals surface area (Å²) in [5, 5.41) is 2.96. The summed E-state index contributed by atoms with van der Waals surface area (Å²) < 4.78 is 7.36. The molecule has 0 spiro atoms. The van der Waals surface area contributed by atoms with Crippen LogP contribution in [-0.4, -0.2) is 29.7 Å². The van der Waals surface area contributed by atoms with Crippen LogP contribution in [0.5, 0.6) is 0 Å². The summed E-state index contributed by atoms with van der Waals surface area (Å²) >= 11 is 1.19. The zero-order valence-corrected chi connectivity index (χ0v) is 14.9. The molecule has 1 aliphatic heterocycles. The molecule has 0 unspecified atom stereocenters. The fourth-order valence-corrected chi connectivity index (χ4v) is 3.85. The molecule has 0 aliphatic carbocycles. The van der Waals surface area contributed by atoms with E-state index in [1.54, 1.807) is 4.57 Å². The third-order valence-electron chi connectivity index (χ3n) is 4.31. The number of aromatic nitrogens is 1. The Morgan fingerprint density at radius 1 is 1.41 bits per heavy atom. The minimum Gasteiger partial charge on any atom is -0.377 e. The molecule has 124 valence electrons. The van der Waals surface area contributed by atoms with Crippen LogP contribution in [0.25, 0.3) is 0 Å². The summed E-state index contributed by atoms with van der Waals surface area (Å²) in [6.07, 6.45) is 1.14. The van der Waals surface area contributed by atoms with Crippen molar-refractivity contribution in [2.45, 2.75) is 53.7 Å². The first-order valence-corrected chi connectivity index (χ1v) is 8.57. The Kier molecular flexibility index (Phi) is 5.12. The number of aryl methyl sites for hydroxylation is 1. The van der Waals surface area contributed by atoms with E-state index in [4.69, 9.17) is 4.74 Å². The molecule has 6 heteroatoms. The Bertz CT molecular complexity index is 598. The van der Waals surface area contributed by atoms with Crippen molar-refractivity contribution in [3.8, 4) is 0 Å². The first kappa shape index (κ1) is 17.2. The number of rotatable bonds is 4. The van der Waals surface area contributed by atoms with Crippen molar-refractivity contribution in [2.24, 2.45) is 11.3 Å². The quantitative estimate of drug-likeness (QED) is 0.922. The lowest BCUT2D eigenvalue weighted by atomic mass is 9.81. The molecular formula is C16H26N2O3S. The molecule has 0 saturated carbocycles. The summed E-state index contributed by atoms with van der Waals surface area (Å²) in [4.78, 5) is 24.9. The molecule has 22 heavy (non-hydrogen) atoms. The molecule has 1 fully saturated rings.